The molecule has 1 rings (SSSR count). The molecule has 1 aliphatic rings. The molecule has 2 atom stereocenters. The molecule has 0 aromatic rings. The van der Waals surface area contributed by atoms with Crippen LogP contribution in [0.3, 0.4) is 0 Å². The Bertz CT molecular complexity index is 225. The van der Waals surface area contributed by atoms with Crippen molar-refractivity contribution in [1.29, 1.82) is 0 Å². The first-order valence-electron chi connectivity index (χ1n) is 4.16. The maximum absolute atomic E-state index is 11.7. The van der Waals surface area contributed by atoms with Crippen molar-refractivity contribution >= 4 is 23.3 Å². The maximum atomic E-state index is 11.7. The van der Waals surface area contributed by atoms with Gasteiger partial charge in [-0.25, -0.2) is 0 Å². The van der Waals surface area contributed by atoms with Crippen molar-refractivity contribution in [2.75, 3.05) is 6.26 Å². The largest absolute Gasteiger partial charge is 0.299 e. The van der Waals surface area contributed by atoms with E-state index in [2.05, 4.69) is 0 Å². The highest BCUT2D eigenvalue weighted by Gasteiger charge is 2.49. The molecule has 0 aliphatic heterocycles. The Hall–Kier alpha value is -0.310. The number of hydrogen-bond donors (Lipinski definition) is 0. The first-order valence-corrected chi connectivity index (χ1v) is 5.45. The number of carbonyl (C=O) groups excluding carboxylic acids is 2. The van der Waals surface area contributed by atoms with E-state index in [-0.39, 0.29) is 16.8 Å². The summed E-state index contributed by atoms with van der Waals surface area (Å²) in [5.41, 5.74) is -0.673. The summed E-state index contributed by atoms with van der Waals surface area (Å²) in [4.78, 5) is 23.1. The Kier molecular flexibility index (Phi) is 2.61. The van der Waals surface area contributed by atoms with Crippen molar-refractivity contribution < 1.29 is 9.59 Å². The summed E-state index contributed by atoms with van der Waals surface area (Å²) in [5.74, 6) is 0.247. The Morgan fingerprint density at radius 3 is 2.42 bits per heavy atom. The van der Waals surface area contributed by atoms with E-state index < -0.39 is 5.41 Å². The minimum Gasteiger partial charge on any atom is -0.299 e. The number of thioether (sulfide) groups is 1. The lowest BCUT2D eigenvalue weighted by atomic mass is 9.84. The molecule has 1 fully saturated rings. The first-order chi connectivity index (χ1) is 5.56. The van der Waals surface area contributed by atoms with Crippen LogP contribution >= 0.6 is 11.8 Å². The molecule has 68 valence electrons. The van der Waals surface area contributed by atoms with Gasteiger partial charge in [-0.2, -0.15) is 11.8 Å². The van der Waals surface area contributed by atoms with Crippen LogP contribution in [0.4, 0.5) is 0 Å². The van der Waals surface area contributed by atoms with Crippen LogP contribution in [-0.2, 0) is 9.59 Å². The van der Waals surface area contributed by atoms with Crippen LogP contribution in [0, 0.1) is 5.41 Å². The second kappa shape index (κ2) is 3.21. The van der Waals surface area contributed by atoms with Gasteiger partial charge in [0.1, 0.15) is 5.78 Å². The summed E-state index contributed by atoms with van der Waals surface area (Å²) < 4.78 is 0. The van der Waals surface area contributed by atoms with Gasteiger partial charge < -0.3 is 0 Å². The normalized spacial score (nSPS) is 36.1. The summed E-state index contributed by atoms with van der Waals surface area (Å²) in [5, 5.41) is -0.0811. The van der Waals surface area contributed by atoms with Gasteiger partial charge in [0.05, 0.1) is 10.7 Å². The highest BCUT2D eigenvalue weighted by atomic mass is 32.2. The predicted octanol–water partition coefficient (Wildman–Crippen LogP) is 1.68. The summed E-state index contributed by atoms with van der Waals surface area (Å²) in [6.45, 7) is 3.67. The zero-order valence-corrected chi connectivity index (χ0v) is 8.53. The van der Waals surface area contributed by atoms with Gasteiger partial charge in [0.15, 0.2) is 5.78 Å². The molecule has 0 amide bonds. The molecular formula is C9H14O2S. The van der Waals surface area contributed by atoms with E-state index in [1.165, 1.54) is 11.8 Å². The lowest BCUT2D eigenvalue weighted by Gasteiger charge is -2.17. The fraction of sp³-hybridized carbons (Fsp3) is 0.778. The standard InChI is InChI=1S/C9H14O2S/c1-4-9(2)7(10)5-6(12-3)8(9)11/h6H,4-5H2,1-3H3. The molecule has 0 bridgehead atoms. The third-order valence-corrected chi connectivity index (χ3v) is 3.76. The Labute approximate surface area is 77.1 Å². The predicted molar refractivity (Wildman–Crippen MR) is 50.3 cm³/mol. The van der Waals surface area contributed by atoms with Crippen LogP contribution in [0.15, 0.2) is 0 Å². The number of ketones is 2. The molecular weight excluding hydrogens is 172 g/mol. The third-order valence-electron chi connectivity index (χ3n) is 2.81. The van der Waals surface area contributed by atoms with Crippen LogP contribution in [0.5, 0.6) is 0 Å². The molecule has 2 nitrogen and oxygen atoms in total. The fourth-order valence-corrected chi connectivity index (χ4v) is 2.33. The Morgan fingerprint density at radius 2 is 2.17 bits per heavy atom. The van der Waals surface area contributed by atoms with Gasteiger partial charge in [-0.3, -0.25) is 9.59 Å². The van der Waals surface area contributed by atoms with Crippen molar-refractivity contribution in [2.45, 2.75) is 31.9 Å². The van der Waals surface area contributed by atoms with Crippen molar-refractivity contribution in [3.63, 3.8) is 0 Å². The monoisotopic (exact) mass is 186 g/mol. The van der Waals surface area contributed by atoms with E-state index in [4.69, 9.17) is 0 Å². The van der Waals surface area contributed by atoms with Crippen molar-refractivity contribution in [3.05, 3.63) is 0 Å². The molecule has 3 heteroatoms. The SMILES string of the molecule is CCC1(C)C(=O)CC(SC)C1=O. The van der Waals surface area contributed by atoms with Crippen molar-refractivity contribution in [3.8, 4) is 0 Å². The quantitative estimate of drug-likeness (QED) is 0.615. The van der Waals surface area contributed by atoms with Gasteiger partial charge in [0.25, 0.3) is 0 Å². The molecule has 0 heterocycles. The smallest absolute Gasteiger partial charge is 0.159 e. The van der Waals surface area contributed by atoms with E-state index >= 15 is 0 Å². The lowest BCUT2D eigenvalue weighted by molar-refractivity contribution is -0.133. The number of hydrogen-bond acceptors (Lipinski definition) is 3. The van der Waals surface area contributed by atoms with Gasteiger partial charge >= 0.3 is 0 Å². The van der Waals surface area contributed by atoms with E-state index in [1.807, 2.05) is 13.2 Å². The Morgan fingerprint density at radius 1 is 1.58 bits per heavy atom. The molecule has 1 saturated carbocycles. The zero-order valence-electron chi connectivity index (χ0n) is 7.72. The van der Waals surface area contributed by atoms with Gasteiger partial charge in [0.2, 0.25) is 0 Å². The molecule has 2 unspecified atom stereocenters. The van der Waals surface area contributed by atoms with Crippen LogP contribution in [0.1, 0.15) is 26.7 Å². The minimum absolute atomic E-state index is 0.0811. The Balaban J connectivity index is 2.91. The van der Waals surface area contributed by atoms with E-state index in [0.717, 1.165) is 0 Å². The molecule has 0 aromatic carbocycles. The first kappa shape index (κ1) is 9.78. The summed E-state index contributed by atoms with van der Waals surface area (Å²) >= 11 is 1.49. The van der Waals surface area contributed by atoms with Gasteiger partial charge in [-0.05, 0) is 19.6 Å². The maximum Gasteiger partial charge on any atom is 0.159 e. The van der Waals surface area contributed by atoms with Gasteiger partial charge in [-0.1, -0.05) is 6.92 Å². The fourth-order valence-electron chi connectivity index (χ4n) is 1.54. The van der Waals surface area contributed by atoms with E-state index in [1.54, 1.807) is 6.92 Å². The molecule has 0 saturated heterocycles. The highest BCUT2D eigenvalue weighted by Crippen LogP contribution is 2.38. The molecule has 1 aliphatic carbocycles. The minimum atomic E-state index is -0.673. The summed E-state index contributed by atoms with van der Waals surface area (Å²) in [6, 6.07) is 0. The molecule has 0 N–H and O–H groups in total. The van der Waals surface area contributed by atoms with E-state index in [9.17, 15) is 9.59 Å². The van der Waals surface area contributed by atoms with Crippen LogP contribution in [0.2, 0.25) is 0 Å². The second-order valence-corrected chi connectivity index (χ2v) is 4.44. The van der Waals surface area contributed by atoms with Crippen molar-refractivity contribution in [1.82, 2.24) is 0 Å². The van der Waals surface area contributed by atoms with Crippen molar-refractivity contribution in [2.24, 2.45) is 5.41 Å². The van der Waals surface area contributed by atoms with Gasteiger partial charge in [0, 0.05) is 6.42 Å². The molecule has 0 spiro atoms. The third kappa shape index (κ3) is 1.20. The second-order valence-electron chi connectivity index (χ2n) is 3.40. The molecule has 0 aromatic heterocycles. The average Bonchev–Trinajstić information content (AvgIpc) is 2.30. The summed E-state index contributed by atoms with van der Waals surface area (Å²) in [6.07, 6.45) is 2.96. The number of carbonyl (C=O) groups is 2. The lowest BCUT2D eigenvalue weighted by Crippen LogP contribution is -2.30. The average molecular weight is 186 g/mol. The molecule has 0 radical (unpaired) electrons. The zero-order chi connectivity index (χ0) is 9.35. The van der Waals surface area contributed by atoms with Crippen LogP contribution in [0.25, 0.3) is 0 Å². The summed E-state index contributed by atoms with van der Waals surface area (Å²) in [7, 11) is 0. The number of Topliss-reactive ketones (excluding diaryl/α,β-unsaturated/α-hetero) is 2. The van der Waals surface area contributed by atoms with E-state index in [0.29, 0.717) is 12.8 Å². The highest BCUT2D eigenvalue weighted by molar-refractivity contribution is 8.00. The number of rotatable bonds is 2. The van der Waals surface area contributed by atoms with Crippen LogP contribution in [-0.4, -0.2) is 23.1 Å². The topological polar surface area (TPSA) is 34.1 Å². The molecule has 12 heavy (non-hydrogen) atoms. The van der Waals surface area contributed by atoms with Gasteiger partial charge in [-0.15, -0.1) is 0 Å². The van der Waals surface area contributed by atoms with Crippen LogP contribution < -0.4 is 0 Å².